The van der Waals surface area contributed by atoms with Crippen LogP contribution < -0.4 is 11.1 Å². The molecule has 3 heteroatoms. The molecule has 0 saturated carbocycles. The minimum Gasteiger partial charge on any atom is -0.388 e. The highest BCUT2D eigenvalue weighted by molar-refractivity contribution is 5.77. The van der Waals surface area contributed by atoms with Gasteiger partial charge in [0.05, 0.1) is 12.0 Å². The largest absolute Gasteiger partial charge is 0.388 e. The molecular formula is C6H15N3. The van der Waals surface area contributed by atoms with Gasteiger partial charge in [-0.1, -0.05) is 6.92 Å². The van der Waals surface area contributed by atoms with Gasteiger partial charge in [0.15, 0.2) is 0 Å². The van der Waals surface area contributed by atoms with Crippen LogP contribution in [-0.2, 0) is 0 Å². The molecule has 0 fully saturated rings. The van der Waals surface area contributed by atoms with E-state index in [1.165, 1.54) is 0 Å². The Balaban J connectivity index is 3.49. The third-order valence-electron chi connectivity index (χ3n) is 0.897. The number of rotatable bonds is 3. The third-order valence-corrected chi connectivity index (χ3v) is 0.897. The molecule has 0 heterocycles. The summed E-state index contributed by atoms with van der Waals surface area (Å²) in [7, 11) is 0. The molecule has 0 spiro atoms. The first kappa shape index (κ1) is 8.43. The van der Waals surface area contributed by atoms with Gasteiger partial charge in [-0.2, -0.15) is 0 Å². The van der Waals surface area contributed by atoms with Crippen LogP contribution in [0, 0.1) is 0 Å². The summed E-state index contributed by atoms with van der Waals surface area (Å²) >= 11 is 0. The van der Waals surface area contributed by atoms with E-state index in [9.17, 15) is 0 Å². The highest BCUT2D eigenvalue weighted by Gasteiger charge is 1.92. The summed E-state index contributed by atoms with van der Waals surface area (Å²) in [5.41, 5.74) is 5.33. The number of hydrogen-bond donors (Lipinski definition) is 2. The molecule has 54 valence electrons. The molecule has 1 atom stereocenters. The van der Waals surface area contributed by atoms with E-state index >= 15 is 0 Å². The lowest BCUT2D eigenvalue weighted by Crippen LogP contribution is -2.25. The second-order valence-corrected chi connectivity index (χ2v) is 2.00. The van der Waals surface area contributed by atoms with E-state index in [0.29, 0.717) is 5.84 Å². The Morgan fingerprint density at radius 2 is 2.33 bits per heavy atom. The van der Waals surface area contributed by atoms with Gasteiger partial charge in [-0.05, 0) is 20.4 Å². The van der Waals surface area contributed by atoms with Crippen molar-refractivity contribution in [3.63, 3.8) is 0 Å². The Labute approximate surface area is 56.3 Å². The van der Waals surface area contributed by atoms with Crippen LogP contribution >= 0.6 is 0 Å². The number of nitrogens with zero attached hydrogens (tertiary/aromatic N) is 1. The van der Waals surface area contributed by atoms with E-state index in [1.807, 2.05) is 13.8 Å². The number of amidine groups is 1. The van der Waals surface area contributed by atoms with Crippen molar-refractivity contribution in [3.8, 4) is 0 Å². The van der Waals surface area contributed by atoms with Crippen LogP contribution in [0.2, 0.25) is 0 Å². The first-order chi connectivity index (χ1) is 4.16. The Hall–Kier alpha value is -0.570. The summed E-state index contributed by atoms with van der Waals surface area (Å²) in [6, 6.07) is 0. The fourth-order valence-corrected chi connectivity index (χ4v) is 0.647. The van der Waals surface area contributed by atoms with Gasteiger partial charge in [-0.15, -0.1) is 0 Å². The van der Waals surface area contributed by atoms with E-state index in [0.717, 1.165) is 6.54 Å². The average molecular weight is 129 g/mol. The second-order valence-electron chi connectivity index (χ2n) is 2.00. The van der Waals surface area contributed by atoms with Crippen LogP contribution in [-0.4, -0.2) is 18.5 Å². The van der Waals surface area contributed by atoms with Crippen LogP contribution in [0.5, 0.6) is 0 Å². The van der Waals surface area contributed by atoms with E-state index < -0.39 is 0 Å². The maximum absolute atomic E-state index is 5.33. The predicted octanol–water partition coefficient (Wildman–Crippen LogP) is 0.319. The minimum absolute atomic E-state index is 0.153. The van der Waals surface area contributed by atoms with Crippen LogP contribution in [0.25, 0.3) is 0 Å². The smallest absolute Gasteiger partial charge is 0.0985 e. The monoisotopic (exact) mass is 129 g/mol. The van der Waals surface area contributed by atoms with Gasteiger partial charge in [0.1, 0.15) is 0 Å². The Kier molecular flexibility index (Phi) is 4.05. The SMILES string of the molecule is CCNC(C)N=C(C)N. The number of hydrogen-bond acceptors (Lipinski definition) is 2. The van der Waals surface area contributed by atoms with E-state index in [-0.39, 0.29) is 6.17 Å². The maximum Gasteiger partial charge on any atom is 0.0985 e. The molecule has 9 heavy (non-hydrogen) atoms. The van der Waals surface area contributed by atoms with Gasteiger partial charge in [-0.25, -0.2) is 0 Å². The molecule has 0 aromatic rings. The normalized spacial score (nSPS) is 15.7. The fraction of sp³-hybridized carbons (Fsp3) is 0.833. The van der Waals surface area contributed by atoms with Gasteiger partial charge in [0.25, 0.3) is 0 Å². The predicted molar refractivity (Wildman–Crippen MR) is 40.4 cm³/mol. The van der Waals surface area contributed by atoms with Crippen molar-refractivity contribution < 1.29 is 0 Å². The van der Waals surface area contributed by atoms with Gasteiger partial charge < -0.3 is 5.73 Å². The molecule has 0 amide bonds. The molecule has 3 N–H and O–H groups in total. The lowest BCUT2D eigenvalue weighted by atomic mass is 10.5. The molecule has 0 rings (SSSR count). The molecule has 0 aliphatic heterocycles. The Bertz CT molecular complexity index is 94.5. The van der Waals surface area contributed by atoms with Gasteiger partial charge in [0.2, 0.25) is 0 Å². The summed E-state index contributed by atoms with van der Waals surface area (Å²) in [5.74, 6) is 0.628. The van der Waals surface area contributed by atoms with Crippen molar-refractivity contribution in [2.75, 3.05) is 6.54 Å². The second kappa shape index (κ2) is 4.32. The third kappa shape index (κ3) is 5.30. The number of aliphatic imine (C=N–C) groups is 1. The van der Waals surface area contributed by atoms with Crippen LogP contribution in [0.4, 0.5) is 0 Å². The fourth-order valence-electron chi connectivity index (χ4n) is 0.647. The van der Waals surface area contributed by atoms with Gasteiger partial charge in [0, 0.05) is 0 Å². The van der Waals surface area contributed by atoms with E-state index in [4.69, 9.17) is 5.73 Å². The first-order valence-corrected chi connectivity index (χ1v) is 3.20. The van der Waals surface area contributed by atoms with Crippen molar-refractivity contribution in [2.45, 2.75) is 26.9 Å². The summed E-state index contributed by atoms with van der Waals surface area (Å²) in [5, 5.41) is 3.11. The summed E-state index contributed by atoms with van der Waals surface area (Å²) in [6.07, 6.45) is 0.153. The van der Waals surface area contributed by atoms with Crippen molar-refractivity contribution in [1.29, 1.82) is 0 Å². The average Bonchev–Trinajstić information content (AvgIpc) is 1.63. The Morgan fingerprint density at radius 3 is 2.67 bits per heavy atom. The zero-order valence-electron chi connectivity index (χ0n) is 6.31. The first-order valence-electron chi connectivity index (χ1n) is 3.20. The molecule has 0 aliphatic carbocycles. The molecule has 0 aliphatic rings. The molecule has 0 aromatic heterocycles. The molecule has 0 aromatic carbocycles. The van der Waals surface area contributed by atoms with Crippen LogP contribution in [0.3, 0.4) is 0 Å². The zero-order chi connectivity index (χ0) is 7.28. The van der Waals surface area contributed by atoms with Crippen molar-refractivity contribution >= 4 is 5.84 Å². The minimum atomic E-state index is 0.153. The zero-order valence-corrected chi connectivity index (χ0v) is 6.31. The number of nitrogens with two attached hydrogens (primary N) is 1. The standard InChI is InChI=1S/C6H15N3/c1-4-8-6(3)9-5(2)7/h6,8H,4H2,1-3H3,(H2,7,9). The summed E-state index contributed by atoms with van der Waals surface area (Å²) < 4.78 is 0. The lowest BCUT2D eigenvalue weighted by molar-refractivity contribution is 0.590. The summed E-state index contributed by atoms with van der Waals surface area (Å²) in [6.45, 7) is 6.73. The molecule has 0 bridgehead atoms. The van der Waals surface area contributed by atoms with Crippen molar-refractivity contribution in [3.05, 3.63) is 0 Å². The highest BCUT2D eigenvalue weighted by Crippen LogP contribution is 1.81. The Morgan fingerprint density at radius 1 is 1.78 bits per heavy atom. The topological polar surface area (TPSA) is 50.4 Å². The quantitative estimate of drug-likeness (QED) is 0.426. The molecular weight excluding hydrogens is 114 g/mol. The van der Waals surface area contributed by atoms with E-state index in [1.54, 1.807) is 6.92 Å². The number of nitrogens with one attached hydrogen (secondary N) is 1. The van der Waals surface area contributed by atoms with E-state index in [2.05, 4.69) is 10.3 Å². The van der Waals surface area contributed by atoms with Crippen LogP contribution in [0.15, 0.2) is 4.99 Å². The molecule has 3 nitrogen and oxygen atoms in total. The van der Waals surface area contributed by atoms with Gasteiger partial charge >= 0.3 is 0 Å². The van der Waals surface area contributed by atoms with Crippen molar-refractivity contribution in [1.82, 2.24) is 5.32 Å². The van der Waals surface area contributed by atoms with Crippen LogP contribution in [0.1, 0.15) is 20.8 Å². The van der Waals surface area contributed by atoms with Gasteiger partial charge in [-0.3, -0.25) is 10.3 Å². The molecule has 0 radical (unpaired) electrons. The highest BCUT2D eigenvalue weighted by atomic mass is 15.1. The maximum atomic E-state index is 5.33. The van der Waals surface area contributed by atoms with Crippen molar-refractivity contribution in [2.24, 2.45) is 10.7 Å². The summed E-state index contributed by atoms with van der Waals surface area (Å²) in [4.78, 5) is 4.05. The lowest BCUT2D eigenvalue weighted by Gasteiger charge is -2.05. The molecule has 1 unspecified atom stereocenters. The molecule has 0 saturated heterocycles.